The fourth-order valence-electron chi connectivity index (χ4n) is 4.04. The Morgan fingerprint density at radius 2 is 1.66 bits per heavy atom. The summed E-state index contributed by atoms with van der Waals surface area (Å²) in [7, 11) is 2.09. The average molecular weight is 383 g/mol. The number of benzene rings is 2. The molecular formula is C25H25N3O. The molecule has 0 fully saturated rings. The number of aryl methyl sites for hydroxylation is 2. The minimum Gasteiger partial charge on any atom is -0.440 e. The SMILES string of the molecule is Cc1ccc(C=C2CN(C)CC3=C2OC(N)=C(C#N)C3c2ccc(C)cc2)cc1. The molecule has 2 heterocycles. The van der Waals surface area contributed by atoms with Crippen molar-refractivity contribution in [1.82, 2.24) is 4.90 Å². The lowest BCUT2D eigenvalue weighted by Crippen LogP contribution is -2.35. The maximum atomic E-state index is 9.81. The van der Waals surface area contributed by atoms with Crippen molar-refractivity contribution in [3.63, 3.8) is 0 Å². The molecule has 1 unspecified atom stereocenters. The van der Waals surface area contributed by atoms with Crippen LogP contribution in [-0.2, 0) is 4.74 Å². The molecule has 1 atom stereocenters. The lowest BCUT2D eigenvalue weighted by molar-refractivity contribution is 0.251. The summed E-state index contributed by atoms with van der Waals surface area (Å²) in [5.41, 5.74) is 13.5. The van der Waals surface area contributed by atoms with Crippen molar-refractivity contribution >= 4 is 6.08 Å². The van der Waals surface area contributed by atoms with Crippen molar-refractivity contribution in [2.45, 2.75) is 19.8 Å². The van der Waals surface area contributed by atoms with Crippen LogP contribution in [0.4, 0.5) is 0 Å². The van der Waals surface area contributed by atoms with Gasteiger partial charge in [0.15, 0.2) is 0 Å². The summed E-state index contributed by atoms with van der Waals surface area (Å²) < 4.78 is 6.05. The van der Waals surface area contributed by atoms with Gasteiger partial charge in [0.25, 0.3) is 0 Å². The summed E-state index contributed by atoms with van der Waals surface area (Å²) in [6.07, 6.45) is 2.15. The summed E-state index contributed by atoms with van der Waals surface area (Å²) in [6, 6.07) is 19.0. The first-order valence-corrected chi connectivity index (χ1v) is 9.79. The van der Waals surface area contributed by atoms with E-state index in [0.717, 1.165) is 41.1 Å². The van der Waals surface area contributed by atoms with Gasteiger partial charge in [-0.2, -0.15) is 5.26 Å². The Morgan fingerprint density at radius 1 is 1.03 bits per heavy atom. The normalized spacial score (nSPS) is 21.0. The maximum Gasteiger partial charge on any atom is 0.205 e. The zero-order valence-corrected chi connectivity index (χ0v) is 17.1. The Bertz CT molecular complexity index is 1070. The van der Waals surface area contributed by atoms with E-state index in [1.807, 2.05) is 0 Å². The minimum absolute atomic E-state index is 0.187. The van der Waals surface area contributed by atoms with Crippen LogP contribution < -0.4 is 5.73 Å². The van der Waals surface area contributed by atoms with Crippen LogP contribution in [0, 0.1) is 25.2 Å². The number of allylic oxidation sites excluding steroid dienone is 1. The molecule has 4 nitrogen and oxygen atoms in total. The average Bonchev–Trinajstić information content (AvgIpc) is 2.70. The first-order chi connectivity index (χ1) is 14.0. The minimum atomic E-state index is -0.187. The Hall–Kier alpha value is -3.29. The summed E-state index contributed by atoms with van der Waals surface area (Å²) in [6.45, 7) is 5.64. The van der Waals surface area contributed by atoms with Gasteiger partial charge >= 0.3 is 0 Å². The van der Waals surface area contributed by atoms with Gasteiger partial charge in [-0.1, -0.05) is 59.7 Å². The zero-order chi connectivity index (χ0) is 20.5. The zero-order valence-electron chi connectivity index (χ0n) is 17.1. The van der Waals surface area contributed by atoms with Gasteiger partial charge in [0.1, 0.15) is 17.4 Å². The lowest BCUT2D eigenvalue weighted by atomic mass is 9.80. The van der Waals surface area contributed by atoms with Gasteiger partial charge in [-0.3, -0.25) is 4.90 Å². The highest BCUT2D eigenvalue weighted by Gasteiger charge is 2.36. The molecule has 2 N–H and O–H groups in total. The summed E-state index contributed by atoms with van der Waals surface area (Å²) in [4.78, 5) is 2.25. The first-order valence-electron chi connectivity index (χ1n) is 9.79. The highest BCUT2D eigenvalue weighted by atomic mass is 16.5. The predicted molar refractivity (Wildman–Crippen MR) is 116 cm³/mol. The molecule has 0 saturated carbocycles. The number of likely N-dealkylation sites (N-methyl/N-ethyl adjacent to an activating group) is 1. The standard InChI is InChI=1S/C25H25N3O/c1-16-4-8-18(9-5-16)12-20-14-28(3)15-22-23(19-10-6-17(2)7-11-19)21(13-26)25(27)29-24(20)22/h4-12,23H,14-15,27H2,1-3H3. The van der Waals surface area contributed by atoms with Crippen LogP contribution in [0.5, 0.6) is 0 Å². The highest BCUT2D eigenvalue weighted by molar-refractivity contribution is 5.63. The van der Waals surface area contributed by atoms with Crippen LogP contribution in [0.25, 0.3) is 6.08 Å². The van der Waals surface area contributed by atoms with Crippen molar-refractivity contribution < 1.29 is 4.74 Å². The number of nitrogens with two attached hydrogens (primary N) is 1. The maximum absolute atomic E-state index is 9.81. The van der Waals surface area contributed by atoms with E-state index in [-0.39, 0.29) is 11.8 Å². The summed E-state index contributed by atoms with van der Waals surface area (Å²) in [5.74, 6) is 0.829. The van der Waals surface area contributed by atoms with E-state index < -0.39 is 0 Å². The van der Waals surface area contributed by atoms with Crippen molar-refractivity contribution in [3.05, 3.63) is 99.1 Å². The topological polar surface area (TPSA) is 62.3 Å². The molecule has 29 heavy (non-hydrogen) atoms. The molecular weight excluding hydrogens is 358 g/mol. The first kappa shape index (κ1) is 19.0. The molecule has 0 spiro atoms. The number of hydrogen-bond acceptors (Lipinski definition) is 4. The second-order valence-electron chi connectivity index (χ2n) is 7.94. The van der Waals surface area contributed by atoms with Crippen LogP contribution in [0.15, 0.2) is 76.9 Å². The van der Waals surface area contributed by atoms with E-state index in [4.69, 9.17) is 10.5 Å². The molecule has 2 aliphatic rings. The lowest BCUT2D eigenvalue weighted by Gasteiger charge is -2.37. The summed E-state index contributed by atoms with van der Waals surface area (Å²) >= 11 is 0. The smallest absolute Gasteiger partial charge is 0.205 e. The predicted octanol–water partition coefficient (Wildman–Crippen LogP) is 4.39. The van der Waals surface area contributed by atoms with Crippen molar-refractivity contribution in [2.75, 3.05) is 20.1 Å². The van der Waals surface area contributed by atoms with Crippen LogP contribution in [0.2, 0.25) is 0 Å². The van der Waals surface area contributed by atoms with Gasteiger partial charge < -0.3 is 10.5 Å². The number of rotatable bonds is 2. The Kier molecular flexibility index (Phi) is 5.00. The number of ether oxygens (including phenoxy) is 1. The molecule has 146 valence electrons. The van der Waals surface area contributed by atoms with Gasteiger partial charge in [-0.05, 0) is 43.7 Å². The Balaban J connectivity index is 1.85. The molecule has 2 aromatic rings. The van der Waals surface area contributed by atoms with Gasteiger partial charge in [0, 0.05) is 18.7 Å². The van der Waals surface area contributed by atoms with Crippen LogP contribution in [0.1, 0.15) is 28.2 Å². The fourth-order valence-corrected chi connectivity index (χ4v) is 4.04. The molecule has 0 aromatic heterocycles. The Labute approximate surface area is 172 Å². The van der Waals surface area contributed by atoms with E-state index in [9.17, 15) is 5.26 Å². The molecule has 0 amide bonds. The van der Waals surface area contributed by atoms with Gasteiger partial charge in [0.2, 0.25) is 5.88 Å². The number of hydrogen-bond donors (Lipinski definition) is 1. The third kappa shape index (κ3) is 3.70. The highest BCUT2D eigenvalue weighted by Crippen LogP contribution is 2.43. The van der Waals surface area contributed by atoms with Crippen LogP contribution in [-0.4, -0.2) is 25.0 Å². The van der Waals surface area contributed by atoms with E-state index in [0.29, 0.717) is 5.57 Å². The number of nitrogens with zero attached hydrogens (tertiary/aromatic N) is 2. The monoisotopic (exact) mass is 383 g/mol. The Morgan fingerprint density at radius 3 is 2.28 bits per heavy atom. The quantitative estimate of drug-likeness (QED) is 0.835. The molecule has 0 bridgehead atoms. The van der Waals surface area contributed by atoms with Gasteiger partial charge in [-0.15, -0.1) is 0 Å². The van der Waals surface area contributed by atoms with Gasteiger partial charge in [-0.25, -0.2) is 0 Å². The van der Waals surface area contributed by atoms with Gasteiger partial charge in [0.05, 0.1) is 5.92 Å². The van der Waals surface area contributed by atoms with Crippen molar-refractivity contribution in [1.29, 1.82) is 5.26 Å². The molecule has 0 aliphatic carbocycles. The molecule has 4 heteroatoms. The van der Waals surface area contributed by atoms with Crippen molar-refractivity contribution in [2.24, 2.45) is 5.73 Å². The van der Waals surface area contributed by atoms with E-state index >= 15 is 0 Å². The molecule has 2 aromatic carbocycles. The van der Waals surface area contributed by atoms with E-state index in [1.54, 1.807) is 0 Å². The second-order valence-corrected chi connectivity index (χ2v) is 7.94. The second kappa shape index (κ2) is 7.62. The van der Waals surface area contributed by atoms with Crippen LogP contribution in [0.3, 0.4) is 0 Å². The molecule has 0 saturated heterocycles. The largest absolute Gasteiger partial charge is 0.440 e. The third-order valence-electron chi connectivity index (χ3n) is 5.53. The third-order valence-corrected chi connectivity index (χ3v) is 5.53. The number of nitriles is 1. The van der Waals surface area contributed by atoms with E-state index in [1.165, 1.54) is 11.1 Å². The molecule has 0 radical (unpaired) electrons. The van der Waals surface area contributed by atoms with Crippen LogP contribution >= 0.6 is 0 Å². The summed E-state index contributed by atoms with van der Waals surface area (Å²) in [5, 5.41) is 9.81. The molecule has 4 rings (SSSR count). The van der Waals surface area contributed by atoms with Crippen molar-refractivity contribution in [3.8, 4) is 6.07 Å². The molecule has 2 aliphatic heterocycles. The fraction of sp³-hybridized carbons (Fsp3) is 0.240. The van der Waals surface area contributed by atoms with E-state index in [2.05, 4.69) is 86.5 Å².